The van der Waals surface area contributed by atoms with Gasteiger partial charge in [0.15, 0.2) is 0 Å². The SMILES string of the molecule is CC1(C)OB(C(F)=CCCc2cc(C3CC3)on2)OC1(C)C. The molecule has 0 aromatic carbocycles. The summed E-state index contributed by atoms with van der Waals surface area (Å²) >= 11 is 0. The third-order valence-corrected chi connectivity index (χ3v) is 4.78. The van der Waals surface area contributed by atoms with Crippen LogP contribution in [-0.4, -0.2) is 23.5 Å². The molecule has 3 rings (SSSR count). The van der Waals surface area contributed by atoms with Gasteiger partial charge in [0.25, 0.3) is 0 Å². The summed E-state index contributed by atoms with van der Waals surface area (Å²) in [6.07, 6.45) is 5.10. The Morgan fingerprint density at radius 3 is 2.55 bits per heavy atom. The van der Waals surface area contributed by atoms with E-state index in [0.717, 1.165) is 11.5 Å². The fourth-order valence-corrected chi connectivity index (χ4v) is 2.42. The van der Waals surface area contributed by atoms with Crippen LogP contribution in [-0.2, 0) is 15.7 Å². The van der Waals surface area contributed by atoms with E-state index in [2.05, 4.69) is 5.16 Å². The molecular weight excluding hydrogens is 284 g/mol. The van der Waals surface area contributed by atoms with Crippen LogP contribution in [0.25, 0.3) is 0 Å². The lowest BCUT2D eigenvalue weighted by Gasteiger charge is -2.32. The van der Waals surface area contributed by atoms with Crippen LogP contribution in [0.2, 0.25) is 0 Å². The predicted molar refractivity (Wildman–Crippen MR) is 82.1 cm³/mol. The minimum Gasteiger partial charge on any atom is -0.398 e. The Balaban J connectivity index is 1.54. The van der Waals surface area contributed by atoms with Crippen molar-refractivity contribution >= 4 is 7.12 Å². The van der Waals surface area contributed by atoms with Crippen molar-refractivity contribution in [3.63, 3.8) is 0 Å². The first-order chi connectivity index (χ1) is 10.3. The van der Waals surface area contributed by atoms with Gasteiger partial charge in [0.1, 0.15) is 11.5 Å². The van der Waals surface area contributed by atoms with Crippen molar-refractivity contribution < 1.29 is 18.2 Å². The maximum atomic E-state index is 14.2. The first-order valence-electron chi connectivity index (χ1n) is 7.95. The number of hydrogen-bond acceptors (Lipinski definition) is 4. The number of nitrogens with zero attached hydrogens (tertiary/aromatic N) is 1. The smallest absolute Gasteiger partial charge is 0.398 e. The van der Waals surface area contributed by atoms with Crippen molar-refractivity contribution in [2.45, 2.75) is 70.5 Å². The summed E-state index contributed by atoms with van der Waals surface area (Å²) in [5.41, 5.74) is -0.535. The zero-order valence-corrected chi connectivity index (χ0v) is 13.7. The molecule has 4 nitrogen and oxygen atoms in total. The Bertz CT molecular complexity index is 562. The van der Waals surface area contributed by atoms with Gasteiger partial charge in [-0.2, -0.15) is 0 Å². The molecule has 120 valence electrons. The lowest BCUT2D eigenvalue weighted by Crippen LogP contribution is -2.41. The summed E-state index contributed by atoms with van der Waals surface area (Å²) in [5.74, 6) is 1.52. The van der Waals surface area contributed by atoms with Crippen molar-refractivity contribution in [1.82, 2.24) is 5.16 Å². The van der Waals surface area contributed by atoms with Crippen molar-refractivity contribution in [2.24, 2.45) is 0 Å². The molecule has 0 unspecified atom stereocenters. The van der Waals surface area contributed by atoms with E-state index in [4.69, 9.17) is 13.8 Å². The molecule has 2 aliphatic rings. The topological polar surface area (TPSA) is 44.5 Å². The fraction of sp³-hybridized carbons (Fsp3) is 0.688. The van der Waals surface area contributed by atoms with Gasteiger partial charge in [0.05, 0.1) is 16.9 Å². The first-order valence-corrected chi connectivity index (χ1v) is 7.95. The van der Waals surface area contributed by atoms with E-state index < -0.39 is 18.3 Å². The Labute approximate surface area is 131 Å². The van der Waals surface area contributed by atoms with E-state index in [1.807, 2.05) is 33.8 Å². The average Bonchev–Trinajstić information content (AvgIpc) is 3.12. The van der Waals surface area contributed by atoms with Crippen molar-refractivity contribution in [1.29, 1.82) is 0 Å². The predicted octanol–water partition coefficient (Wildman–Crippen LogP) is 3.97. The van der Waals surface area contributed by atoms with Crippen molar-refractivity contribution in [3.8, 4) is 0 Å². The second-order valence-electron chi connectivity index (χ2n) is 7.21. The quantitative estimate of drug-likeness (QED) is 0.772. The Hall–Kier alpha value is -1.14. The van der Waals surface area contributed by atoms with Gasteiger partial charge < -0.3 is 13.8 Å². The van der Waals surface area contributed by atoms with Gasteiger partial charge in [-0.1, -0.05) is 11.2 Å². The van der Waals surface area contributed by atoms with Crippen LogP contribution in [0, 0.1) is 0 Å². The molecule has 2 fully saturated rings. The molecule has 1 aliphatic carbocycles. The van der Waals surface area contributed by atoms with Crippen LogP contribution < -0.4 is 0 Å². The third-order valence-electron chi connectivity index (χ3n) is 4.78. The number of aryl methyl sites for hydroxylation is 1. The molecule has 0 spiro atoms. The molecule has 22 heavy (non-hydrogen) atoms. The Kier molecular flexibility index (Phi) is 3.93. The highest BCUT2D eigenvalue weighted by Crippen LogP contribution is 2.40. The molecule has 6 heteroatoms. The van der Waals surface area contributed by atoms with Gasteiger partial charge in [-0.05, 0) is 53.4 Å². The second kappa shape index (κ2) is 5.50. The summed E-state index contributed by atoms with van der Waals surface area (Å²) in [7, 11) is -0.913. The number of rotatable bonds is 5. The van der Waals surface area contributed by atoms with E-state index in [1.165, 1.54) is 18.9 Å². The molecule has 1 aliphatic heterocycles. The number of hydrogen-bond donors (Lipinski definition) is 0. The standard InChI is InChI=1S/C16H23BFNO3/c1-15(2)16(3,4)22-17(21-15)14(18)7-5-6-12-10-13(20-19-12)11-8-9-11/h7,10-11H,5-6,8-9H2,1-4H3. The third kappa shape index (κ3) is 3.13. The molecule has 0 bridgehead atoms. The van der Waals surface area contributed by atoms with Crippen LogP contribution >= 0.6 is 0 Å². The fourth-order valence-electron chi connectivity index (χ4n) is 2.42. The van der Waals surface area contributed by atoms with Gasteiger partial charge in [-0.3, -0.25) is 0 Å². The van der Waals surface area contributed by atoms with Crippen LogP contribution in [0.5, 0.6) is 0 Å². The largest absolute Gasteiger partial charge is 0.524 e. The van der Waals surface area contributed by atoms with Crippen molar-refractivity contribution in [2.75, 3.05) is 0 Å². The Morgan fingerprint density at radius 1 is 1.32 bits per heavy atom. The highest BCUT2D eigenvalue weighted by Gasteiger charge is 2.52. The van der Waals surface area contributed by atoms with E-state index in [-0.39, 0.29) is 5.73 Å². The summed E-state index contributed by atoms with van der Waals surface area (Å²) in [4.78, 5) is 0. The van der Waals surface area contributed by atoms with Gasteiger partial charge in [0.2, 0.25) is 0 Å². The molecular formula is C16H23BFNO3. The molecule has 1 aromatic heterocycles. The average molecular weight is 307 g/mol. The minimum absolute atomic E-state index is 0.371. The lowest BCUT2D eigenvalue weighted by molar-refractivity contribution is 0.00578. The molecule has 1 aromatic rings. The number of halogens is 1. The van der Waals surface area contributed by atoms with E-state index in [0.29, 0.717) is 18.8 Å². The van der Waals surface area contributed by atoms with E-state index >= 15 is 0 Å². The number of allylic oxidation sites excluding steroid dienone is 1. The zero-order valence-electron chi connectivity index (χ0n) is 13.7. The van der Waals surface area contributed by atoms with Crippen molar-refractivity contribution in [3.05, 3.63) is 29.3 Å². The van der Waals surface area contributed by atoms with Gasteiger partial charge in [-0.15, -0.1) is 0 Å². The first kappa shape index (κ1) is 15.7. The van der Waals surface area contributed by atoms with E-state index in [9.17, 15) is 4.39 Å². The monoisotopic (exact) mass is 307 g/mol. The van der Waals surface area contributed by atoms with Crippen LogP contribution in [0.15, 0.2) is 22.4 Å². The highest BCUT2D eigenvalue weighted by molar-refractivity contribution is 6.53. The molecule has 1 saturated carbocycles. The highest BCUT2D eigenvalue weighted by atomic mass is 19.1. The summed E-state index contributed by atoms with van der Waals surface area (Å²) in [6.45, 7) is 7.65. The van der Waals surface area contributed by atoms with Gasteiger partial charge in [-0.25, -0.2) is 4.39 Å². The second-order valence-corrected chi connectivity index (χ2v) is 7.21. The number of aromatic nitrogens is 1. The molecule has 0 radical (unpaired) electrons. The molecule has 1 saturated heterocycles. The van der Waals surface area contributed by atoms with Gasteiger partial charge in [0, 0.05) is 12.0 Å². The molecule has 0 amide bonds. The summed E-state index contributed by atoms with van der Waals surface area (Å²) in [5, 5.41) is 4.03. The minimum atomic E-state index is -0.913. The molecule has 0 N–H and O–H groups in total. The van der Waals surface area contributed by atoms with Crippen LogP contribution in [0.4, 0.5) is 4.39 Å². The zero-order chi connectivity index (χ0) is 16.0. The normalized spacial score (nSPS) is 24.0. The maximum Gasteiger partial charge on any atom is 0.524 e. The van der Waals surface area contributed by atoms with Crippen LogP contribution in [0.1, 0.15) is 64.3 Å². The lowest BCUT2D eigenvalue weighted by atomic mass is 9.87. The summed E-state index contributed by atoms with van der Waals surface area (Å²) < 4.78 is 30.8. The van der Waals surface area contributed by atoms with Gasteiger partial charge >= 0.3 is 7.12 Å². The van der Waals surface area contributed by atoms with Crippen LogP contribution in [0.3, 0.4) is 0 Å². The Morgan fingerprint density at radius 2 is 1.95 bits per heavy atom. The molecule has 2 heterocycles. The molecule has 0 atom stereocenters. The summed E-state index contributed by atoms with van der Waals surface area (Å²) in [6, 6.07) is 1.98. The van der Waals surface area contributed by atoms with E-state index in [1.54, 1.807) is 0 Å². The maximum absolute atomic E-state index is 14.2.